The molecule has 2 aromatic heterocycles. The maximum absolute atomic E-state index is 12.6. The van der Waals surface area contributed by atoms with Crippen molar-refractivity contribution in [2.75, 3.05) is 12.0 Å². The summed E-state index contributed by atoms with van der Waals surface area (Å²) < 4.78 is 7.37. The molecule has 1 fully saturated rings. The zero-order valence-corrected chi connectivity index (χ0v) is 21.1. The van der Waals surface area contributed by atoms with Crippen LogP contribution in [-0.4, -0.2) is 49.8 Å². The number of benzene rings is 1. The highest BCUT2D eigenvalue weighted by atomic mass is 16.5. The summed E-state index contributed by atoms with van der Waals surface area (Å²) in [5.74, 6) is -0.0893. The first kappa shape index (κ1) is 24.2. The van der Waals surface area contributed by atoms with Crippen LogP contribution in [0.25, 0.3) is 11.0 Å². The Hall–Kier alpha value is -3.49. The summed E-state index contributed by atoms with van der Waals surface area (Å²) in [6.07, 6.45) is 10.2. The van der Waals surface area contributed by atoms with Gasteiger partial charge in [0.25, 0.3) is 0 Å². The number of carbonyl (C=O) groups is 2. The number of amides is 1. The molecule has 1 aromatic carbocycles. The molecule has 3 heterocycles. The van der Waals surface area contributed by atoms with E-state index in [4.69, 9.17) is 9.72 Å². The minimum absolute atomic E-state index is 0.0363. The molecule has 190 valence electrons. The largest absolute Gasteiger partial charge is 0.481 e. The van der Waals surface area contributed by atoms with Crippen molar-refractivity contribution in [3.8, 4) is 0 Å². The molecule has 1 aliphatic carbocycles. The van der Waals surface area contributed by atoms with E-state index in [1.54, 1.807) is 23.5 Å². The highest BCUT2D eigenvalue weighted by molar-refractivity contribution is 5.95. The number of carboxylic acids is 1. The predicted molar refractivity (Wildman–Crippen MR) is 135 cm³/mol. The van der Waals surface area contributed by atoms with Crippen molar-refractivity contribution < 1.29 is 19.4 Å². The van der Waals surface area contributed by atoms with Gasteiger partial charge in [-0.2, -0.15) is 0 Å². The molecule has 0 saturated heterocycles. The predicted octanol–water partition coefficient (Wildman–Crippen LogP) is 4.90. The van der Waals surface area contributed by atoms with E-state index >= 15 is 0 Å². The number of nitrogens with zero attached hydrogens (tertiary/aromatic N) is 5. The van der Waals surface area contributed by atoms with Crippen LogP contribution < -0.4 is 4.90 Å². The number of fused-ring (bicyclic) bond motifs is 3. The topological polar surface area (TPSA) is 110 Å². The minimum atomic E-state index is -0.724. The highest BCUT2D eigenvalue weighted by Crippen LogP contribution is 2.42. The van der Waals surface area contributed by atoms with Crippen molar-refractivity contribution in [3.05, 3.63) is 47.8 Å². The van der Waals surface area contributed by atoms with Crippen molar-refractivity contribution >= 4 is 28.8 Å². The standard InChI is InChI=1S/C27H33N5O4/c1-16(13-19-15-28-11-12-29-19)25-30-24-21-8-7-17(2)31(27(35)36-3)22(21)9-10-23(24)32(25)20-6-4-5-18(14-20)26(33)34/h9-12,15-18,20H,4-8,13-14H2,1-3H3,(H,33,34)/t16-,17+,18-,20-/m1/s1. The number of hydrogen-bond acceptors (Lipinski definition) is 6. The van der Waals surface area contributed by atoms with E-state index in [-0.39, 0.29) is 30.0 Å². The van der Waals surface area contributed by atoms with Crippen LogP contribution in [0.4, 0.5) is 10.5 Å². The fraction of sp³-hybridized carbons (Fsp3) is 0.519. The van der Waals surface area contributed by atoms with Crippen molar-refractivity contribution in [2.45, 2.75) is 76.8 Å². The van der Waals surface area contributed by atoms with Gasteiger partial charge in [-0.15, -0.1) is 0 Å². The Bertz CT molecular complexity index is 1270. The van der Waals surface area contributed by atoms with Gasteiger partial charge >= 0.3 is 12.1 Å². The number of hydrogen-bond donors (Lipinski definition) is 1. The molecule has 4 atom stereocenters. The molecule has 5 rings (SSSR count). The number of imidazole rings is 1. The summed E-state index contributed by atoms with van der Waals surface area (Å²) in [6.45, 7) is 4.17. The van der Waals surface area contributed by atoms with Gasteiger partial charge < -0.3 is 14.4 Å². The van der Waals surface area contributed by atoms with Gasteiger partial charge in [-0.3, -0.25) is 19.7 Å². The number of carboxylic acid groups (broad SMARTS) is 1. The number of aromatic nitrogens is 4. The van der Waals surface area contributed by atoms with Gasteiger partial charge in [-0.25, -0.2) is 9.78 Å². The highest BCUT2D eigenvalue weighted by Gasteiger charge is 2.35. The zero-order chi connectivity index (χ0) is 25.4. The van der Waals surface area contributed by atoms with Gasteiger partial charge in [0.1, 0.15) is 5.82 Å². The summed E-state index contributed by atoms with van der Waals surface area (Å²) in [5.41, 5.74) is 4.69. The molecule has 0 bridgehead atoms. The van der Waals surface area contributed by atoms with Gasteiger partial charge in [0.15, 0.2) is 0 Å². The Labute approximate surface area is 210 Å². The summed E-state index contributed by atoms with van der Waals surface area (Å²) in [7, 11) is 1.41. The van der Waals surface area contributed by atoms with E-state index in [9.17, 15) is 14.7 Å². The molecular formula is C27H33N5O4. The Morgan fingerprint density at radius 3 is 2.78 bits per heavy atom. The van der Waals surface area contributed by atoms with E-state index in [1.807, 2.05) is 19.1 Å². The zero-order valence-electron chi connectivity index (χ0n) is 21.1. The van der Waals surface area contributed by atoms with Crippen LogP contribution in [0.2, 0.25) is 0 Å². The molecule has 36 heavy (non-hydrogen) atoms. The quantitative estimate of drug-likeness (QED) is 0.541. The Balaban J connectivity index is 1.64. The monoisotopic (exact) mass is 491 g/mol. The first-order chi connectivity index (χ1) is 17.4. The second-order valence-corrected chi connectivity index (χ2v) is 10.2. The third kappa shape index (κ3) is 4.31. The normalized spacial score (nSPS) is 22.8. The average molecular weight is 492 g/mol. The fourth-order valence-electron chi connectivity index (χ4n) is 5.99. The summed E-state index contributed by atoms with van der Waals surface area (Å²) in [6, 6.07) is 4.13. The number of ether oxygens (including phenoxy) is 1. The second kappa shape index (κ2) is 9.87. The van der Waals surface area contributed by atoms with Gasteiger partial charge in [0.05, 0.1) is 35.4 Å². The van der Waals surface area contributed by atoms with Crippen LogP contribution in [0.5, 0.6) is 0 Å². The molecule has 0 radical (unpaired) electrons. The van der Waals surface area contributed by atoms with E-state index in [1.165, 1.54) is 7.11 Å². The minimum Gasteiger partial charge on any atom is -0.481 e. The smallest absolute Gasteiger partial charge is 0.414 e. The second-order valence-electron chi connectivity index (χ2n) is 10.2. The molecular weight excluding hydrogens is 458 g/mol. The summed E-state index contributed by atoms with van der Waals surface area (Å²) >= 11 is 0. The van der Waals surface area contributed by atoms with Crippen LogP contribution in [0.3, 0.4) is 0 Å². The van der Waals surface area contributed by atoms with Gasteiger partial charge in [0, 0.05) is 48.6 Å². The number of aryl methyl sites for hydroxylation is 1. The summed E-state index contributed by atoms with van der Waals surface area (Å²) in [4.78, 5) is 40.1. The van der Waals surface area contributed by atoms with E-state index in [0.717, 1.165) is 59.5 Å². The lowest BCUT2D eigenvalue weighted by Crippen LogP contribution is -2.42. The van der Waals surface area contributed by atoms with Gasteiger partial charge in [-0.1, -0.05) is 13.3 Å². The maximum atomic E-state index is 12.6. The van der Waals surface area contributed by atoms with Crippen LogP contribution in [-0.2, 0) is 22.4 Å². The lowest BCUT2D eigenvalue weighted by molar-refractivity contribution is -0.143. The fourth-order valence-corrected chi connectivity index (χ4v) is 5.99. The average Bonchev–Trinajstić information content (AvgIpc) is 3.29. The lowest BCUT2D eigenvalue weighted by Gasteiger charge is -2.34. The van der Waals surface area contributed by atoms with Crippen molar-refractivity contribution in [2.24, 2.45) is 5.92 Å². The number of methoxy groups -OCH3 is 1. The number of rotatable bonds is 5. The van der Waals surface area contributed by atoms with Crippen LogP contribution in [0.15, 0.2) is 30.7 Å². The molecule has 1 N–H and O–H groups in total. The number of aliphatic carboxylic acids is 1. The SMILES string of the molecule is COC(=O)N1c2ccc3c(nc([C@H](C)Cc4cnccn4)n3[C@@H]3CCC[C@@H](C(=O)O)C3)c2CC[C@@H]1C. The van der Waals surface area contributed by atoms with E-state index in [2.05, 4.69) is 21.5 Å². The molecule has 9 heteroatoms. The third-order valence-corrected chi connectivity index (χ3v) is 7.79. The van der Waals surface area contributed by atoms with Crippen molar-refractivity contribution in [1.82, 2.24) is 19.5 Å². The summed E-state index contributed by atoms with van der Waals surface area (Å²) in [5, 5.41) is 9.74. The van der Waals surface area contributed by atoms with E-state index < -0.39 is 5.97 Å². The van der Waals surface area contributed by atoms with E-state index in [0.29, 0.717) is 19.3 Å². The Kier molecular flexibility index (Phi) is 6.64. The van der Waals surface area contributed by atoms with Crippen LogP contribution in [0, 0.1) is 5.92 Å². The third-order valence-electron chi connectivity index (χ3n) is 7.79. The van der Waals surface area contributed by atoms with Gasteiger partial charge in [-0.05, 0) is 51.2 Å². The molecule has 1 aliphatic heterocycles. The lowest BCUT2D eigenvalue weighted by atomic mass is 9.85. The van der Waals surface area contributed by atoms with Crippen molar-refractivity contribution in [1.29, 1.82) is 0 Å². The van der Waals surface area contributed by atoms with Crippen LogP contribution in [0.1, 0.15) is 75.0 Å². The maximum Gasteiger partial charge on any atom is 0.414 e. The molecule has 3 aromatic rings. The molecule has 0 spiro atoms. The van der Waals surface area contributed by atoms with Gasteiger partial charge in [0.2, 0.25) is 0 Å². The van der Waals surface area contributed by atoms with Crippen molar-refractivity contribution in [3.63, 3.8) is 0 Å². The number of anilines is 1. The molecule has 2 aliphatic rings. The molecule has 9 nitrogen and oxygen atoms in total. The molecule has 1 saturated carbocycles. The molecule has 1 amide bonds. The van der Waals surface area contributed by atoms with Crippen LogP contribution >= 0.6 is 0 Å². The first-order valence-corrected chi connectivity index (χ1v) is 12.8. The Morgan fingerprint density at radius 1 is 1.22 bits per heavy atom. The number of carbonyl (C=O) groups excluding carboxylic acids is 1. The first-order valence-electron chi connectivity index (χ1n) is 12.8. The Morgan fingerprint density at radius 2 is 2.06 bits per heavy atom. The molecule has 0 unspecified atom stereocenters.